The molecule has 1 aliphatic rings. The van der Waals surface area contributed by atoms with Gasteiger partial charge in [-0.15, -0.1) is 0 Å². The Morgan fingerprint density at radius 3 is 2.31 bits per heavy atom. The second kappa shape index (κ2) is 8.70. The number of amides is 1. The van der Waals surface area contributed by atoms with Crippen LogP contribution in [0.5, 0.6) is 5.06 Å². The molecule has 0 aliphatic heterocycles. The first kappa shape index (κ1) is 23.9. The lowest BCUT2D eigenvalue weighted by Gasteiger charge is -2.19. The van der Waals surface area contributed by atoms with Gasteiger partial charge in [-0.2, -0.15) is 13.2 Å². The van der Waals surface area contributed by atoms with E-state index in [-0.39, 0.29) is 18.0 Å². The van der Waals surface area contributed by atoms with E-state index >= 15 is 0 Å². The van der Waals surface area contributed by atoms with Gasteiger partial charge in [-0.3, -0.25) is 4.79 Å². The van der Waals surface area contributed by atoms with Gasteiger partial charge in [-0.05, 0) is 54.3 Å². The zero-order valence-electron chi connectivity index (χ0n) is 19.1. The van der Waals surface area contributed by atoms with E-state index in [0.29, 0.717) is 34.5 Å². The van der Waals surface area contributed by atoms with Crippen molar-refractivity contribution in [2.24, 2.45) is 0 Å². The molecule has 186 valence electrons. The van der Waals surface area contributed by atoms with Crippen molar-refractivity contribution in [3.05, 3.63) is 88.6 Å². The molecule has 2 heterocycles. The van der Waals surface area contributed by atoms with Crippen molar-refractivity contribution in [1.82, 2.24) is 9.88 Å². The van der Waals surface area contributed by atoms with Crippen molar-refractivity contribution < 1.29 is 32.6 Å². The molecule has 1 amide bonds. The molecule has 6 nitrogen and oxygen atoms in total. The van der Waals surface area contributed by atoms with Crippen molar-refractivity contribution in [3.8, 4) is 5.06 Å². The molecule has 1 aliphatic carbocycles. The highest BCUT2D eigenvalue weighted by Crippen LogP contribution is 2.47. The quantitative estimate of drug-likeness (QED) is 0.322. The average Bonchev–Trinajstić information content (AvgIpc) is 3.38. The van der Waals surface area contributed by atoms with Gasteiger partial charge < -0.3 is 19.7 Å². The van der Waals surface area contributed by atoms with Crippen molar-refractivity contribution in [2.45, 2.75) is 31.1 Å². The third-order valence-electron chi connectivity index (χ3n) is 6.40. The van der Waals surface area contributed by atoms with Crippen LogP contribution < -0.4 is 10.1 Å². The van der Waals surface area contributed by atoms with Crippen LogP contribution in [0.15, 0.2) is 60.8 Å². The van der Waals surface area contributed by atoms with Gasteiger partial charge in [0, 0.05) is 12.7 Å². The summed E-state index contributed by atoms with van der Waals surface area (Å²) in [7, 11) is 1.49. The average molecular weight is 515 g/mol. The maximum atomic E-state index is 13.5. The van der Waals surface area contributed by atoms with Crippen molar-refractivity contribution in [2.75, 3.05) is 7.11 Å². The molecule has 0 atom stereocenters. The Kier molecular flexibility index (Phi) is 5.78. The van der Waals surface area contributed by atoms with E-state index in [1.165, 1.54) is 42.7 Å². The number of carbonyl (C=O) groups is 2. The number of hydrogen-bond donors (Lipinski definition) is 2. The highest BCUT2D eigenvalue weighted by molar-refractivity contribution is 7.21. The molecule has 1 saturated carbocycles. The number of carboxylic acid groups (broad SMARTS) is 1. The van der Waals surface area contributed by atoms with Crippen LogP contribution in [0.3, 0.4) is 0 Å². The first-order valence-electron chi connectivity index (χ1n) is 11.1. The molecule has 0 unspecified atom stereocenters. The number of benzene rings is 2. The minimum atomic E-state index is -4.40. The maximum absolute atomic E-state index is 13.5. The summed E-state index contributed by atoms with van der Waals surface area (Å²) in [4.78, 5) is 24.7. The number of rotatable bonds is 7. The zero-order chi connectivity index (χ0) is 25.7. The molecule has 0 radical (unpaired) electrons. The Hall–Kier alpha value is -3.79. The number of nitrogens with one attached hydrogen (secondary N) is 1. The molecule has 2 aromatic heterocycles. The number of alkyl halides is 3. The lowest BCUT2D eigenvalue weighted by atomic mass is 10.0. The molecule has 0 spiro atoms. The molecular weight excluding hydrogens is 493 g/mol. The second-order valence-electron chi connectivity index (χ2n) is 8.74. The van der Waals surface area contributed by atoms with Gasteiger partial charge >= 0.3 is 12.1 Å². The Balaban J connectivity index is 1.44. The van der Waals surface area contributed by atoms with Crippen LogP contribution in [0.4, 0.5) is 13.2 Å². The standard InChI is InChI=1S/C26H21F3N2O4S/c1-35-24-20(22(32)30-25(11-12-25)17-8-4-16(5-9-17)23(33)34)21-19(36-24)10-13-31(21)14-15-2-6-18(7-3-15)26(27,28)29/h2-10,13H,11-12,14H2,1H3,(H,30,32)(H,33,34). The van der Waals surface area contributed by atoms with Crippen LogP contribution in [-0.2, 0) is 18.3 Å². The van der Waals surface area contributed by atoms with Crippen molar-refractivity contribution >= 4 is 33.4 Å². The van der Waals surface area contributed by atoms with Gasteiger partial charge in [0.25, 0.3) is 5.91 Å². The molecule has 36 heavy (non-hydrogen) atoms. The molecule has 0 saturated heterocycles. The van der Waals surface area contributed by atoms with E-state index in [9.17, 15) is 22.8 Å². The van der Waals surface area contributed by atoms with E-state index in [0.717, 1.165) is 22.4 Å². The fourth-order valence-corrected chi connectivity index (χ4v) is 5.36. The Labute approximate surface area is 207 Å². The highest BCUT2D eigenvalue weighted by Gasteiger charge is 2.46. The number of ether oxygens (including phenoxy) is 1. The largest absolute Gasteiger partial charge is 0.487 e. The number of methoxy groups -OCH3 is 1. The monoisotopic (exact) mass is 514 g/mol. The summed E-state index contributed by atoms with van der Waals surface area (Å²) >= 11 is 1.32. The maximum Gasteiger partial charge on any atom is 0.416 e. The molecule has 5 rings (SSSR count). The summed E-state index contributed by atoms with van der Waals surface area (Å²) in [6.45, 7) is 0.281. The second-order valence-corrected chi connectivity index (χ2v) is 9.75. The van der Waals surface area contributed by atoms with Crippen LogP contribution in [0, 0.1) is 0 Å². The van der Waals surface area contributed by atoms with Gasteiger partial charge in [0.05, 0.1) is 34.0 Å². The number of nitrogens with zero attached hydrogens (tertiary/aromatic N) is 1. The Morgan fingerprint density at radius 2 is 1.75 bits per heavy atom. The predicted octanol–water partition coefficient (Wildman–Crippen LogP) is 5.90. The fourth-order valence-electron chi connectivity index (χ4n) is 4.34. The Bertz CT molecular complexity index is 1450. The van der Waals surface area contributed by atoms with E-state index in [2.05, 4.69) is 5.32 Å². The molecule has 4 aromatic rings. The lowest BCUT2D eigenvalue weighted by molar-refractivity contribution is -0.137. The number of thiophene rings is 1. The number of hydrogen-bond acceptors (Lipinski definition) is 4. The van der Waals surface area contributed by atoms with E-state index in [1.54, 1.807) is 18.3 Å². The van der Waals surface area contributed by atoms with E-state index in [1.807, 2.05) is 10.6 Å². The van der Waals surface area contributed by atoms with Gasteiger partial charge in [-0.1, -0.05) is 35.6 Å². The molecule has 2 N–H and O–H groups in total. The van der Waals surface area contributed by atoms with Crippen LogP contribution in [0.25, 0.3) is 10.2 Å². The van der Waals surface area contributed by atoms with Crippen LogP contribution in [0.1, 0.15) is 50.2 Å². The molecule has 2 aromatic carbocycles. The van der Waals surface area contributed by atoms with E-state index < -0.39 is 23.2 Å². The lowest BCUT2D eigenvalue weighted by Crippen LogP contribution is -2.35. The summed E-state index contributed by atoms with van der Waals surface area (Å²) in [5.74, 6) is -1.35. The minimum Gasteiger partial charge on any atom is -0.487 e. The summed E-state index contributed by atoms with van der Waals surface area (Å²) < 4.78 is 46.9. The molecule has 0 bridgehead atoms. The zero-order valence-corrected chi connectivity index (χ0v) is 19.9. The number of aromatic carboxylic acids is 1. The molecule has 10 heteroatoms. The van der Waals surface area contributed by atoms with Crippen molar-refractivity contribution in [3.63, 3.8) is 0 Å². The van der Waals surface area contributed by atoms with Crippen LogP contribution in [-0.4, -0.2) is 28.7 Å². The molecule has 1 fully saturated rings. The number of aromatic nitrogens is 1. The van der Waals surface area contributed by atoms with Crippen LogP contribution >= 0.6 is 11.3 Å². The topological polar surface area (TPSA) is 80.6 Å². The van der Waals surface area contributed by atoms with Gasteiger partial charge in [0.15, 0.2) is 5.06 Å². The van der Waals surface area contributed by atoms with Crippen molar-refractivity contribution in [1.29, 1.82) is 0 Å². The first-order valence-corrected chi connectivity index (χ1v) is 11.9. The fraction of sp³-hybridized carbons (Fsp3) is 0.231. The number of carboxylic acids is 1. The summed E-state index contributed by atoms with van der Waals surface area (Å²) in [6, 6.07) is 13.3. The summed E-state index contributed by atoms with van der Waals surface area (Å²) in [6.07, 6.45) is -1.18. The number of halogens is 3. The third kappa shape index (κ3) is 4.32. The van der Waals surface area contributed by atoms with Crippen LogP contribution in [0.2, 0.25) is 0 Å². The highest BCUT2D eigenvalue weighted by atomic mass is 32.1. The summed E-state index contributed by atoms with van der Waals surface area (Å²) in [5, 5.41) is 12.7. The Morgan fingerprint density at radius 1 is 1.08 bits per heavy atom. The van der Waals surface area contributed by atoms with Gasteiger partial charge in [0.2, 0.25) is 0 Å². The smallest absolute Gasteiger partial charge is 0.416 e. The third-order valence-corrected chi connectivity index (χ3v) is 7.51. The normalized spacial score (nSPS) is 14.6. The number of carbonyl (C=O) groups excluding carboxylic acids is 1. The van der Waals surface area contributed by atoms with Gasteiger partial charge in [0.1, 0.15) is 5.56 Å². The predicted molar refractivity (Wildman–Crippen MR) is 129 cm³/mol. The van der Waals surface area contributed by atoms with E-state index in [4.69, 9.17) is 9.84 Å². The van der Waals surface area contributed by atoms with Gasteiger partial charge in [-0.25, -0.2) is 4.79 Å². The molecular formula is C26H21F3N2O4S. The first-order chi connectivity index (χ1) is 17.1. The number of fused-ring (bicyclic) bond motifs is 1. The summed E-state index contributed by atoms with van der Waals surface area (Å²) in [5.41, 5.74) is 1.36. The SMILES string of the molecule is COc1sc2ccn(Cc3ccc(C(F)(F)F)cc3)c2c1C(=O)NC1(c2ccc(C(=O)O)cc2)CC1. The minimum absolute atomic E-state index is 0.170.